The Morgan fingerprint density at radius 1 is 1.10 bits per heavy atom. The fourth-order valence-corrected chi connectivity index (χ4v) is 2.09. The molecule has 21 heavy (non-hydrogen) atoms. The van der Waals surface area contributed by atoms with E-state index in [0.717, 1.165) is 4.47 Å². The van der Waals surface area contributed by atoms with Crippen LogP contribution in [0.3, 0.4) is 0 Å². The SMILES string of the molecule is O=C(O)/C(=C/c1ccc(Cl)c(Cl)c1)Oc1ccc(Br)cc1. The van der Waals surface area contributed by atoms with Crippen molar-refractivity contribution in [3.05, 3.63) is 68.3 Å². The van der Waals surface area contributed by atoms with Gasteiger partial charge in [-0.2, -0.15) is 0 Å². The van der Waals surface area contributed by atoms with Crippen LogP contribution in [0.4, 0.5) is 0 Å². The molecule has 2 rings (SSSR count). The number of aliphatic carboxylic acids is 1. The lowest BCUT2D eigenvalue weighted by Gasteiger charge is -2.07. The van der Waals surface area contributed by atoms with Gasteiger partial charge in [0.2, 0.25) is 5.76 Å². The molecule has 6 heteroatoms. The number of halogens is 3. The lowest BCUT2D eigenvalue weighted by molar-refractivity contribution is -0.134. The van der Waals surface area contributed by atoms with Gasteiger partial charge >= 0.3 is 5.97 Å². The van der Waals surface area contributed by atoms with E-state index in [-0.39, 0.29) is 5.76 Å². The highest BCUT2D eigenvalue weighted by molar-refractivity contribution is 9.10. The number of hydrogen-bond acceptors (Lipinski definition) is 2. The summed E-state index contributed by atoms with van der Waals surface area (Å²) < 4.78 is 6.24. The average Bonchev–Trinajstić information content (AvgIpc) is 2.44. The summed E-state index contributed by atoms with van der Waals surface area (Å²) in [6.45, 7) is 0. The highest BCUT2D eigenvalue weighted by Gasteiger charge is 2.11. The molecule has 2 aromatic carbocycles. The molecule has 0 aliphatic rings. The van der Waals surface area contributed by atoms with E-state index < -0.39 is 5.97 Å². The average molecular weight is 388 g/mol. The molecule has 0 spiro atoms. The van der Waals surface area contributed by atoms with Crippen LogP contribution in [0.2, 0.25) is 10.0 Å². The molecule has 0 amide bonds. The number of benzene rings is 2. The van der Waals surface area contributed by atoms with E-state index in [1.165, 1.54) is 6.08 Å². The van der Waals surface area contributed by atoms with Gasteiger partial charge in [-0.1, -0.05) is 45.2 Å². The van der Waals surface area contributed by atoms with Gasteiger partial charge in [0.25, 0.3) is 0 Å². The van der Waals surface area contributed by atoms with Gasteiger partial charge in [0.1, 0.15) is 5.75 Å². The second-order valence-corrected chi connectivity index (χ2v) is 5.77. The highest BCUT2D eigenvalue weighted by Crippen LogP contribution is 2.24. The Balaban J connectivity index is 2.29. The first-order valence-corrected chi connectivity index (χ1v) is 7.34. The molecule has 0 saturated heterocycles. The molecule has 0 atom stereocenters. The summed E-state index contributed by atoms with van der Waals surface area (Å²) in [7, 11) is 0. The first-order chi connectivity index (χ1) is 9.95. The summed E-state index contributed by atoms with van der Waals surface area (Å²) in [5.41, 5.74) is 0.582. The number of hydrogen-bond donors (Lipinski definition) is 1. The van der Waals surface area contributed by atoms with E-state index in [0.29, 0.717) is 21.4 Å². The molecule has 0 unspecified atom stereocenters. The molecule has 0 aliphatic heterocycles. The minimum atomic E-state index is -1.18. The fraction of sp³-hybridized carbons (Fsp3) is 0. The second kappa shape index (κ2) is 6.98. The maximum atomic E-state index is 11.3. The van der Waals surface area contributed by atoms with Gasteiger partial charge < -0.3 is 9.84 Å². The summed E-state index contributed by atoms with van der Waals surface area (Å²) in [5, 5.41) is 9.96. The predicted octanol–water partition coefficient (Wildman–Crippen LogP) is 5.26. The van der Waals surface area contributed by atoms with Crippen LogP contribution >= 0.6 is 39.1 Å². The topological polar surface area (TPSA) is 46.5 Å². The Bertz CT molecular complexity index is 697. The fourth-order valence-electron chi connectivity index (χ4n) is 1.52. The van der Waals surface area contributed by atoms with Crippen molar-refractivity contribution >= 4 is 51.2 Å². The first-order valence-electron chi connectivity index (χ1n) is 5.79. The molecule has 0 saturated carbocycles. The highest BCUT2D eigenvalue weighted by atomic mass is 79.9. The quantitative estimate of drug-likeness (QED) is 0.574. The van der Waals surface area contributed by atoms with E-state index >= 15 is 0 Å². The van der Waals surface area contributed by atoms with Crippen molar-refractivity contribution in [2.45, 2.75) is 0 Å². The molecule has 108 valence electrons. The van der Waals surface area contributed by atoms with E-state index in [1.807, 2.05) is 0 Å². The van der Waals surface area contributed by atoms with Crippen LogP contribution in [0.1, 0.15) is 5.56 Å². The third-order valence-electron chi connectivity index (χ3n) is 2.49. The molecule has 0 aromatic heterocycles. The molecule has 0 heterocycles. The summed E-state index contributed by atoms with van der Waals surface area (Å²) in [6, 6.07) is 11.7. The lowest BCUT2D eigenvalue weighted by Crippen LogP contribution is -2.07. The minimum Gasteiger partial charge on any atom is -0.475 e. The van der Waals surface area contributed by atoms with Crippen molar-refractivity contribution in [3.63, 3.8) is 0 Å². The standard InChI is InChI=1S/C15H9BrCl2O3/c16-10-2-4-11(5-3-10)21-14(15(19)20)8-9-1-6-12(17)13(18)7-9/h1-8H,(H,19,20)/b14-8-. The molecule has 3 nitrogen and oxygen atoms in total. The van der Waals surface area contributed by atoms with Crippen LogP contribution in [-0.2, 0) is 4.79 Å². The Labute approximate surface area is 139 Å². The Morgan fingerprint density at radius 3 is 2.33 bits per heavy atom. The van der Waals surface area contributed by atoms with Crippen LogP contribution in [0.15, 0.2) is 52.7 Å². The molecule has 0 fully saturated rings. The van der Waals surface area contributed by atoms with E-state index in [2.05, 4.69) is 15.9 Å². The molecule has 1 N–H and O–H groups in total. The zero-order valence-electron chi connectivity index (χ0n) is 10.5. The van der Waals surface area contributed by atoms with Crippen LogP contribution in [-0.4, -0.2) is 11.1 Å². The number of carboxylic acid groups (broad SMARTS) is 1. The van der Waals surface area contributed by atoms with Crippen LogP contribution in [0.25, 0.3) is 6.08 Å². The van der Waals surface area contributed by atoms with E-state index in [4.69, 9.17) is 27.9 Å². The number of carbonyl (C=O) groups is 1. The van der Waals surface area contributed by atoms with Gasteiger partial charge in [-0.05, 0) is 48.0 Å². The van der Waals surface area contributed by atoms with Crippen molar-refractivity contribution in [2.24, 2.45) is 0 Å². The zero-order valence-corrected chi connectivity index (χ0v) is 13.6. The minimum absolute atomic E-state index is 0.212. The number of carboxylic acids is 1. The van der Waals surface area contributed by atoms with Crippen LogP contribution in [0, 0.1) is 0 Å². The summed E-state index contributed by atoms with van der Waals surface area (Å²) in [6.07, 6.45) is 1.38. The number of ether oxygens (including phenoxy) is 1. The summed E-state index contributed by atoms with van der Waals surface area (Å²) in [4.78, 5) is 11.3. The van der Waals surface area contributed by atoms with Gasteiger partial charge in [-0.3, -0.25) is 0 Å². The first kappa shape index (κ1) is 15.9. The monoisotopic (exact) mass is 386 g/mol. The summed E-state index contributed by atoms with van der Waals surface area (Å²) in [5.74, 6) is -0.966. The second-order valence-electron chi connectivity index (χ2n) is 4.04. The van der Waals surface area contributed by atoms with Gasteiger partial charge in [0.15, 0.2) is 0 Å². The maximum Gasteiger partial charge on any atom is 0.371 e. The Morgan fingerprint density at radius 2 is 1.76 bits per heavy atom. The van der Waals surface area contributed by atoms with Crippen LogP contribution in [0.5, 0.6) is 5.75 Å². The smallest absolute Gasteiger partial charge is 0.371 e. The van der Waals surface area contributed by atoms with Gasteiger partial charge in [-0.25, -0.2) is 4.79 Å². The Hall–Kier alpha value is -1.49. The van der Waals surface area contributed by atoms with Crippen LogP contribution < -0.4 is 4.74 Å². The molecular weight excluding hydrogens is 379 g/mol. The molecular formula is C15H9BrCl2O3. The van der Waals surface area contributed by atoms with Gasteiger partial charge in [0, 0.05) is 4.47 Å². The predicted molar refractivity (Wildman–Crippen MR) is 86.8 cm³/mol. The number of rotatable bonds is 4. The van der Waals surface area contributed by atoms with Crippen molar-refractivity contribution in [1.29, 1.82) is 0 Å². The maximum absolute atomic E-state index is 11.3. The van der Waals surface area contributed by atoms with Crippen molar-refractivity contribution in [1.82, 2.24) is 0 Å². The zero-order chi connectivity index (χ0) is 15.4. The van der Waals surface area contributed by atoms with Gasteiger partial charge in [0.05, 0.1) is 10.0 Å². The summed E-state index contributed by atoms with van der Waals surface area (Å²) >= 11 is 15.0. The van der Waals surface area contributed by atoms with E-state index in [1.54, 1.807) is 42.5 Å². The normalized spacial score (nSPS) is 11.3. The van der Waals surface area contributed by atoms with Crippen molar-refractivity contribution in [3.8, 4) is 5.75 Å². The van der Waals surface area contributed by atoms with Gasteiger partial charge in [-0.15, -0.1) is 0 Å². The largest absolute Gasteiger partial charge is 0.475 e. The van der Waals surface area contributed by atoms with Crippen molar-refractivity contribution < 1.29 is 14.6 Å². The van der Waals surface area contributed by atoms with E-state index in [9.17, 15) is 9.90 Å². The molecule has 2 aromatic rings. The third-order valence-corrected chi connectivity index (χ3v) is 3.76. The third kappa shape index (κ3) is 4.49. The molecule has 0 radical (unpaired) electrons. The van der Waals surface area contributed by atoms with Crippen molar-refractivity contribution in [2.75, 3.05) is 0 Å². The molecule has 0 aliphatic carbocycles. The lowest BCUT2D eigenvalue weighted by atomic mass is 10.2. The molecule has 0 bridgehead atoms. The Kier molecular flexibility index (Phi) is 5.28.